The molecule has 1 unspecified atom stereocenters. The van der Waals surface area contributed by atoms with Crippen LogP contribution in [0.4, 0.5) is 18.9 Å². The predicted molar refractivity (Wildman–Crippen MR) is 90.5 cm³/mol. The summed E-state index contributed by atoms with van der Waals surface area (Å²) in [5, 5.41) is 2.42. The Morgan fingerprint density at radius 1 is 1.12 bits per heavy atom. The minimum absolute atomic E-state index is 0.0186. The van der Waals surface area contributed by atoms with Gasteiger partial charge in [0, 0.05) is 24.6 Å². The number of benzene rings is 2. The van der Waals surface area contributed by atoms with Crippen molar-refractivity contribution < 1.29 is 22.8 Å². The van der Waals surface area contributed by atoms with Crippen LogP contribution in [0.1, 0.15) is 23.5 Å². The van der Waals surface area contributed by atoms with E-state index < -0.39 is 17.6 Å². The third-order valence-electron chi connectivity index (χ3n) is 4.29. The molecule has 1 saturated heterocycles. The van der Waals surface area contributed by atoms with Crippen LogP contribution in [0.2, 0.25) is 0 Å². The number of hydrogen-bond acceptors (Lipinski definition) is 2. The second-order valence-electron chi connectivity index (χ2n) is 6.21. The molecule has 0 spiro atoms. The standard InChI is InChI=1S/C19H17F3N2O2/c20-19(21,22)15-7-4-8-16(10-15)23-17(25)12-24-11-14(9-18(24)26)13-5-2-1-3-6-13/h1-8,10,14H,9,11-12H2,(H,23,25). The number of nitrogens with zero attached hydrogens (tertiary/aromatic N) is 1. The van der Waals surface area contributed by atoms with E-state index in [0.29, 0.717) is 13.0 Å². The van der Waals surface area contributed by atoms with E-state index in [1.165, 1.54) is 17.0 Å². The van der Waals surface area contributed by atoms with Gasteiger partial charge >= 0.3 is 6.18 Å². The molecule has 1 fully saturated rings. The van der Waals surface area contributed by atoms with E-state index in [1.807, 2.05) is 30.3 Å². The van der Waals surface area contributed by atoms with Crippen LogP contribution in [0.5, 0.6) is 0 Å². The molecule has 1 aliphatic heterocycles. The van der Waals surface area contributed by atoms with E-state index in [1.54, 1.807) is 0 Å². The fraction of sp³-hybridized carbons (Fsp3) is 0.263. The first kappa shape index (κ1) is 18.0. The summed E-state index contributed by atoms with van der Waals surface area (Å²) in [5.41, 5.74) is 0.245. The third kappa shape index (κ3) is 4.22. The minimum atomic E-state index is -4.48. The smallest absolute Gasteiger partial charge is 0.333 e. The van der Waals surface area contributed by atoms with E-state index >= 15 is 0 Å². The van der Waals surface area contributed by atoms with Gasteiger partial charge in [-0.05, 0) is 23.8 Å². The zero-order valence-electron chi connectivity index (χ0n) is 13.8. The second-order valence-corrected chi connectivity index (χ2v) is 6.21. The van der Waals surface area contributed by atoms with Crippen LogP contribution in [-0.4, -0.2) is 29.8 Å². The molecular formula is C19H17F3N2O2. The van der Waals surface area contributed by atoms with E-state index in [2.05, 4.69) is 5.32 Å². The SMILES string of the molecule is O=C(CN1CC(c2ccccc2)CC1=O)Nc1cccc(C(F)(F)F)c1. The van der Waals surface area contributed by atoms with Crippen molar-refractivity contribution in [2.24, 2.45) is 0 Å². The fourth-order valence-corrected chi connectivity index (χ4v) is 3.02. The minimum Gasteiger partial charge on any atom is -0.333 e. The van der Waals surface area contributed by atoms with Crippen LogP contribution < -0.4 is 5.32 Å². The third-order valence-corrected chi connectivity index (χ3v) is 4.29. The summed E-state index contributed by atoms with van der Waals surface area (Å²) in [6.45, 7) is 0.233. The summed E-state index contributed by atoms with van der Waals surface area (Å²) in [7, 11) is 0. The lowest BCUT2D eigenvalue weighted by atomic mass is 9.99. The highest BCUT2D eigenvalue weighted by Gasteiger charge is 2.32. The molecule has 1 atom stereocenters. The van der Waals surface area contributed by atoms with Crippen molar-refractivity contribution in [2.75, 3.05) is 18.4 Å². The Balaban J connectivity index is 1.61. The van der Waals surface area contributed by atoms with Crippen LogP contribution in [0.15, 0.2) is 54.6 Å². The molecule has 7 heteroatoms. The van der Waals surface area contributed by atoms with Gasteiger partial charge in [0.2, 0.25) is 11.8 Å². The zero-order valence-corrected chi connectivity index (χ0v) is 13.8. The normalized spacial score (nSPS) is 17.4. The predicted octanol–water partition coefficient (Wildman–Crippen LogP) is 3.66. The molecular weight excluding hydrogens is 345 g/mol. The number of amides is 2. The molecule has 26 heavy (non-hydrogen) atoms. The van der Waals surface area contributed by atoms with Gasteiger partial charge in [0.15, 0.2) is 0 Å². The molecule has 3 rings (SSSR count). The van der Waals surface area contributed by atoms with E-state index in [9.17, 15) is 22.8 Å². The van der Waals surface area contributed by atoms with Crippen molar-refractivity contribution in [3.8, 4) is 0 Å². The Morgan fingerprint density at radius 3 is 2.54 bits per heavy atom. The Labute approximate surface area is 148 Å². The maximum atomic E-state index is 12.7. The monoisotopic (exact) mass is 362 g/mol. The first-order valence-corrected chi connectivity index (χ1v) is 8.13. The average Bonchev–Trinajstić information content (AvgIpc) is 2.96. The Kier molecular flexibility index (Phi) is 4.97. The Hall–Kier alpha value is -2.83. The molecule has 0 aromatic heterocycles. The maximum Gasteiger partial charge on any atom is 0.416 e. The number of rotatable bonds is 4. The molecule has 136 valence electrons. The van der Waals surface area contributed by atoms with Crippen LogP contribution in [0, 0.1) is 0 Å². The summed E-state index contributed by atoms with van der Waals surface area (Å²) in [6.07, 6.45) is -4.16. The number of hydrogen-bond donors (Lipinski definition) is 1. The van der Waals surface area contributed by atoms with Gasteiger partial charge in [-0.1, -0.05) is 36.4 Å². The largest absolute Gasteiger partial charge is 0.416 e. The molecule has 2 aromatic rings. The summed E-state index contributed by atoms with van der Waals surface area (Å²) < 4.78 is 38.2. The van der Waals surface area contributed by atoms with Crippen LogP contribution in [0.3, 0.4) is 0 Å². The highest BCUT2D eigenvalue weighted by molar-refractivity contribution is 5.95. The second kappa shape index (κ2) is 7.19. The van der Waals surface area contributed by atoms with Crippen LogP contribution >= 0.6 is 0 Å². The summed E-state index contributed by atoms with van der Waals surface area (Å²) in [5.74, 6) is -0.644. The maximum absolute atomic E-state index is 12.7. The number of halogens is 3. The fourth-order valence-electron chi connectivity index (χ4n) is 3.02. The van der Waals surface area contributed by atoms with Gasteiger partial charge in [-0.2, -0.15) is 13.2 Å². The topological polar surface area (TPSA) is 49.4 Å². The first-order chi connectivity index (χ1) is 12.3. The lowest BCUT2D eigenvalue weighted by Crippen LogP contribution is -2.34. The molecule has 4 nitrogen and oxygen atoms in total. The molecule has 2 amide bonds. The molecule has 2 aromatic carbocycles. The molecule has 1 N–H and O–H groups in total. The van der Waals surface area contributed by atoms with Gasteiger partial charge in [-0.3, -0.25) is 9.59 Å². The lowest BCUT2D eigenvalue weighted by molar-refractivity contribution is -0.137. The number of carbonyl (C=O) groups excluding carboxylic acids is 2. The van der Waals surface area contributed by atoms with E-state index in [4.69, 9.17) is 0 Å². The van der Waals surface area contributed by atoms with E-state index in [-0.39, 0.29) is 24.1 Å². The summed E-state index contributed by atoms with van der Waals surface area (Å²) >= 11 is 0. The number of nitrogens with one attached hydrogen (secondary N) is 1. The zero-order chi connectivity index (χ0) is 18.7. The average molecular weight is 362 g/mol. The van der Waals surface area contributed by atoms with Gasteiger partial charge < -0.3 is 10.2 Å². The number of likely N-dealkylation sites (tertiary alicyclic amines) is 1. The number of alkyl halides is 3. The van der Waals surface area contributed by atoms with Crippen molar-refractivity contribution in [3.05, 3.63) is 65.7 Å². The highest BCUT2D eigenvalue weighted by atomic mass is 19.4. The molecule has 0 saturated carbocycles. The van der Waals surface area contributed by atoms with Gasteiger partial charge in [0.05, 0.1) is 12.1 Å². The van der Waals surface area contributed by atoms with Crippen molar-refractivity contribution in [3.63, 3.8) is 0 Å². The van der Waals surface area contributed by atoms with Crippen LogP contribution in [-0.2, 0) is 15.8 Å². The van der Waals surface area contributed by atoms with Gasteiger partial charge in [-0.25, -0.2) is 0 Å². The Morgan fingerprint density at radius 2 is 1.85 bits per heavy atom. The molecule has 1 aliphatic rings. The Bertz CT molecular complexity index is 806. The quantitative estimate of drug-likeness (QED) is 0.902. The van der Waals surface area contributed by atoms with Crippen LogP contribution in [0.25, 0.3) is 0 Å². The summed E-state index contributed by atoms with van der Waals surface area (Å²) in [6, 6.07) is 14.0. The molecule has 0 bridgehead atoms. The molecule has 0 radical (unpaired) electrons. The van der Waals surface area contributed by atoms with Crippen molar-refractivity contribution in [1.29, 1.82) is 0 Å². The van der Waals surface area contributed by atoms with Gasteiger partial charge in [0.1, 0.15) is 0 Å². The van der Waals surface area contributed by atoms with Crippen molar-refractivity contribution in [2.45, 2.75) is 18.5 Å². The van der Waals surface area contributed by atoms with Gasteiger partial charge in [-0.15, -0.1) is 0 Å². The summed E-state index contributed by atoms with van der Waals surface area (Å²) in [4.78, 5) is 25.7. The molecule has 0 aliphatic carbocycles. The first-order valence-electron chi connectivity index (χ1n) is 8.13. The van der Waals surface area contributed by atoms with Crippen molar-refractivity contribution in [1.82, 2.24) is 4.90 Å². The number of carbonyl (C=O) groups is 2. The van der Waals surface area contributed by atoms with Gasteiger partial charge in [0.25, 0.3) is 0 Å². The van der Waals surface area contributed by atoms with E-state index in [0.717, 1.165) is 17.7 Å². The van der Waals surface area contributed by atoms with Crippen molar-refractivity contribution >= 4 is 17.5 Å². The highest BCUT2D eigenvalue weighted by Crippen LogP contribution is 2.31. The number of anilines is 1. The lowest BCUT2D eigenvalue weighted by Gasteiger charge is -2.17. The molecule has 1 heterocycles.